The number of ether oxygens (including phenoxy) is 1. The summed E-state index contributed by atoms with van der Waals surface area (Å²) in [4.78, 5) is 46.3. The lowest BCUT2D eigenvalue weighted by Crippen LogP contribution is -2.38. The van der Waals surface area contributed by atoms with Gasteiger partial charge in [0, 0.05) is 33.7 Å². The maximum Gasteiger partial charge on any atom is 0.332 e. The third-order valence-electron chi connectivity index (χ3n) is 4.96. The first-order valence-corrected chi connectivity index (χ1v) is 10.9. The van der Waals surface area contributed by atoms with Crippen LogP contribution in [0.5, 0.6) is 0 Å². The molecule has 1 aliphatic heterocycles. The van der Waals surface area contributed by atoms with Crippen molar-refractivity contribution in [1.29, 1.82) is 0 Å². The first-order valence-electron chi connectivity index (χ1n) is 9.90. The second-order valence-electron chi connectivity index (χ2n) is 7.18. The second-order valence-corrected chi connectivity index (χ2v) is 8.14. The molecule has 0 spiro atoms. The molecule has 9 nitrogen and oxygen atoms in total. The van der Waals surface area contributed by atoms with Gasteiger partial charge < -0.3 is 10.1 Å². The summed E-state index contributed by atoms with van der Waals surface area (Å²) in [7, 11) is 3.02. The molecule has 1 atom stereocenters. The molecule has 10 heteroatoms. The lowest BCUT2D eigenvalue weighted by molar-refractivity contribution is -0.119. The first kappa shape index (κ1) is 21.5. The summed E-state index contributed by atoms with van der Waals surface area (Å²) in [5, 5.41) is 3.58. The van der Waals surface area contributed by atoms with Gasteiger partial charge in [0.05, 0.1) is 11.9 Å². The van der Waals surface area contributed by atoms with E-state index in [1.807, 2.05) is 0 Å². The van der Waals surface area contributed by atoms with Crippen LogP contribution in [0.2, 0.25) is 0 Å². The number of rotatable bonds is 8. The van der Waals surface area contributed by atoms with E-state index in [-0.39, 0.29) is 23.2 Å². The van der Waals surface area contributed by atoms with E-state index < -0.39 is 11.2 Å². The number of unbranched alkanes of at least 4 members (excludes halogenated alkanes) is 1. The van der Waals surface area contributed by atoms with Gasteiger partial charge in [0.15, 0.2) is 5.65 Å². The molecule has 158 valence electrons. The van der Waals surface area contributed by atoms with Gasteiger partial charge in [0.2, 0.25) is 5.91 Å². The van der Waals surface area contributed by atoms with Crippen molar-refractivity contribution in [1.82, 2.24) is 24.4 Å². The average Bonchev–Trinajstić information content (AvgIpc) is 3.25. The van der Waals surface area contributed by atoms with Gasteiger partial charge in [-0.2, -0.15) is 0 Å². The molecule has 0 radical (unpaired) electrons. The highest BCUT2D eigenvalue weighted by Gasteiger charge is 2.19. The Morgan fingerprint density at radius 3 is 2.76 bits per heavy atom. The molecule has 0 aromatic carbocycles. The molecule has 29 heavy (non-hydrogen) atoms. The zero-order valence-electron chi connectivity index (χ0n) is 17.1. The van der Waals surface area contributed by atoms with Gasteiger partial charge in [0.1, 0.15) is 16.2 Å². The van der Waals surface area contributed by atoms with Crippen LogP contribution in [0.3, 0.4) is 0 Å². The Bertz CT molecular complexity index is 1010. The summed E-state index contributed by atoms with van der Waals surface area (Å²) < 4.78 is 7.91. The Hall–Kier alpha value is -2.20. The normalized spacial score (nSPS) is 16.4. The van der Waals surface area contributed by atoms with Crippen molar-refractivity contribution >= 4 is 28.7 Å². The molecular weight excluding hydrogens is 394 g/mol. The van der Waals surface area contributed by atoms with Gasteiger partial charge in [-0.1, -0.05) is 25.1 Å². The van der Waals surface area contributed by atoms with Gasteiger partial charge in [-0.25, -0.2) is 14.8 Å². The van der Waals surface area contributed by atoms with Crippen LogP contribution in [0, 0.1) is 0 Å². The van der Waals surface area contributed by atoms with Crippen molar-refractivity contribution in [2.24, 2.45) is 14.1 Å². The molecule has 1 aliphatic rings. The number of carbonyl (C=O) groups excluding carboxylic acids is 1. The fraction of sp³-hybridized carbons (Fsp3) is 0.632. The van der Waals surface area contributed by atoms with E-state index in [1.54, 1.807) is 7.05 Å². The minimum absolute atomic E-state index is 0.0753. The Balaban J connectivity index is 1.87. The number of aryl methyl sites for hydroxylation is 2. The Labute approximate surface area is 172 Å². The maximum atomic E-state index is 12.7. The molecule has 2 aromatic heterocycles. The predicted octanol–water partition coefficient (Wildman–Crippen LogP) is 0.757. The summed E-state index contributed by atoms with van der Waals surface area (Å²) in [5.74, 6) is 0.553. The van der Waals surface area contributed by atoms with Crippen LogP contribution < -0.4 is 16.6 Å². The number of thioether (sulfide) groups is 1. The number of hydrogen-bond acceptors (Lipinski definition) is 7. The summed E-state index contributed by atoms with van der Waals surface area (Å²) in [6.07, 6.45) is 4.57. The summed E-state index contributed by atoms with van der Waals surface area (Å²) in [5.41, 5.74) is -0.582. The molecular formula is C19H27N5O4S. The maximum absolute atomic E-state index is 12.7. The topological polar surface area (TPSA) is 108 Å². The number of fused-ring (bicyclic) bond motifs is 1. The predicted molar refractivity (Wildman–Crippen MR) is 111 cm³/mol. The van der Waals surface area contributed by atoms with Crippen molar-refractivity contribution in [3.05, 3.63) is 26.7 Å². The van der Waals surface area contributed by atoms with Crippen LogP contribution in [0.15, 0.2) is 14.6 Å². The Morgan fingerprint density at radius 1 is 1.28 bits per heavy atom. The van der Waals surface area contributed by atoms with Crippen LogP contribution >= 0.6 is 11.8 Å². The van der Waals surface area contributed by atoms with E-state index in [2.05, 4.69) is 22.2 Å². The lowest BCUT2D eigenvalue weighted by Gasteiger charge is -2.13. The summed E-state index contributed by atoms with van der Waals surface area (Å²) in [6.45, 7) is 3.30. The standard InChI is InChI=1S/C19H27N5O4S/c1-4-5-8-13-21-16-15(18(26)24(3)19(27)23(16)2)17(22-13)29-11-14(25)20-10-12-7-6-9-28-12/h12H,4-11H2,1-3H3,(H,20,25)/t12-/m0/s1. The fourth-order valence-electron chi connectivity index (χ4n) is 3.24. The zero-order chi connectivity index (χ0) is 21.0. The second kappa shape index (κ2) is 9.53. The van der Waals surface area contributed by atoms with Gasteiger partial charge in [-0.15, -0.1) is 0 Å². The van der Waals surface area contributed by atoms with Gasteiger partial charge >= 0.3 is 5.69 Å². The van der Waals surface area contributed by atoms with Crippen LogP contribution in [0.4, 0.5) is 0 Å². The van der Waals surface area contributed by atoms with E-state index in [9.17, 15) is 14.4 Å². The highest BCUT2D eigenvalue weighted by molar-refractivity contribution is 8.00. The number of aromatic nitrogens is 4. The smallest absolute Gasteiger partial charge is 0.332 e. The van der Waals surface area contributed by atoms with Gasteiger partial charge in [-0.3, -0.25) is 18.7 Å². The van der Waals surface area contributed by atoms with Crippen LogP contribution in [-0.2, 0) is 30.0 Å². The van der Waals surface area contributed by atoms with Crippen LogP contribution in [0.1, 0.15) is 38.4 Å². The summed E-state index contributed by atoms with van der Waals surface area (Å²) in [6, 6.07) is 0. The summed E-state index contributed by atoms with van der Waals surface area (Å²) >= 11 is 1.19. The van der Waals surface area contributed by atoms with Crippen molar-refractivity contribution in [3.63, 3.8) is 0 Å². The Kier molecular flexibility index (Phi) is 7.07. The highest BCUT2D eigenvalue weighted by atomic mass is 32.2. The SMILES string of the molecule is CCCCc1nc(SCC(=O)NC[C@@H]2CCCO2)c2c(=O)n(C)c(=O)n(C)c2n1. The number of carbonyl (C=O) groups is 1. The van der Waals surface area contributed by atoms with E-state index in [0.29, 0.717) is 29.5 Å². The highest BCUT2D eigenvalue weighted by Crippen LogP contribution is 2.22. The molecule has 1 amide bonds. The van der Waals surface area contributed by atoms with Gasteiger partial charge in [-0.05, 0) is 19.3 Å². The zero-order valence-corrected chi connectivity index (χ0v) is 17.9. The van der Waals surface area contributed by atoms with E-state index in [4.69, 9.17) is 4.74 Å². The molecule has 0 unspecified atom stereocenters. The molecule has 0 aliphatic carbocycles. The lowest BCUT2D eigenvalue weighted by atomic mass is 10.2. The van der Waals surface area contributed by atoms with E-state index in [0.717, 1.165) is 36.9 Å². The van der Waals surface area contributed by atoms with Crippen LogP contribution in [0.25, 0.3) is 11.0 Å². The quantitative estimate of drug-likeness (QED) is 0.495. The van der Waals surface area contributed by atoms with Crippen molar-refractivity contribution in [2.75, 3.05) is 18.9 Å². The van der Waals surface area contributed by atoms with E-state index >= 15 is 0 Å². The number of amides is 1. The minimum Gasteiger partial charge on any atom is -0.376 e. The monoisotopic (exact) mass is 421 g/mol. The fourth-order valence-corrected chi connectivity index (χ4v) is 4.10. The van der Waals surface area contributed by atoms with Crippen LogP contribution in [-0.4, -0.2) is 50.0 Å². The molecule has 3 heterocycles. The number of nitrogens with zero attached hydrogens (tertiary/aromatic N) is 4. The molecule has 2 aromatic rings. The van der Waals surface area contributed by atoms with Gasteiger partial charge in [0.25, 0.3) is 5.56 Å². The molecule has 1 saturated heterocycles. The first-order chi connectivity index (χ1) is 13.9. The molecule has 1 N–H and O–H groups in total. The average molecular weight is 422 g/mol. The van der Waals surface area contributed by atoms with Crippen molar-refractivity contribution in [2.45, 2.75) is 50.2 Å². The largest absolute Gasteiger partial charge is 0.376 e. The third-order valence-corrected chi connectivity index (χ3v) is 5.93. The molecule has 3 rings (SSSR count). The Morgan fingerprint density at radius 2 is 2.07 bits per heavy atom. The van der Waals surface area contributed by atoms with Crippen molar-refractivity contribution < 1.29 is 9.53 Å². The van der Waals surface area contributed by atoms with Crippen molar-refractivity contribution in [3.8, 4) is 0 Å². The molecule has 0 bridgehead atoms. The minimum atomic E-state index is -0.451. The van der Waals surface area contributed by atoms with E-state index in [1.165, 1.54) is 23.4 Å². The molecule has 0 saturated carbocycles. The number of nitrogens with one attached hydrogen (secondary N) is 1. The molecule has 1 fully saturated rings. The number of hydrogen-bond donors (Lipinski definition) is 1. The third kappa shape index (κ3) is 4.87.